The lowest BCUT2D eigenvalue weighted by molar-refractivity contribution is -0.138. The Kier molecular flexibility index (Phi) is 4.28. The molecule has 0 radical (unpaired) electrons. The fraction of sp³-hybridized carbons (Fsp3) is 0.333. The van der Waals surface area contributed by atoms with E-state index in [0.717, 1.165) is 0 Å². The number of aromatic hydroxyl groups is 1. The molecule has 0 spiro atoms. The van der Waals surface area contributed by atoms with Gasteiger partial charge in [-0.05, 0) is 31.5 Å². The highest BCUT2D eigenvalue weighted by molar-refractivity contribution is 5.81. The Morgan fingerprint density at radius 3 is 2.67 bits per heavy atom. The quantitative estimate of drug-likeness (QED) is 0.816. The van der Waals surface area contributed by atoms with Gasteiger partial charge in [0.2, 0.25) is 0 Å². The van der Waals surface area contributed by atoms with Crippen LogP contribution in [-0.2, 0) is 11.3 Å². The normalized spacial score (nSPS) is 11.4. The van der Waals surface area contributed by atoms with Crippen LogP contribution in [-0.4, -0.2) is 33.7 Å². The molecular formula is C15H17NO5. The van der Waals surface area contributed by atoms with Gasteiger partial charge in [-0.3, -0.25) is 9.69 Å². The predicted octanol–water partition coefficient (Wildman–Crippen LogP) is 1.79. The van der Waals surface area contributed by atoms with Crippen LogP contribution in [0.5, 0.6) is 5.75 Å². The van der Waals surface area contributed by atoms with E-state index in [1.165, 1.54) is 18.2 Å². The van der Waals surface area contributed by atoms with Crippen LogP contribution >= 0.6 is 0 Å². The fourth-order valence-corrected chi connectivity index (χ4v) is 2.16. The van der Waals surface area contributed by atoms with Crippen LogP contribution in [0.15, 0.2) is 33.5 Å². The molecule has 6 heteroatoms. The largest absolute Gasteiger partial charge is 0.508 e. The number of carbonyl (C=O) groups is 1. The van der Waals surface area contributed by atoms with Gasteiger partial charge in [0.25, 0.3) is 0 Å². The highest BCUT2D eigenvalue weighted by atomic mass is 16.4. The molecule has 0 atom stereocenters. The van der Waals surface area contributed by atoms with Gasteiger partial charge < -0.3 is 14.6 Å². The zero-order chi connectivity index (χ0) is 15.6. The van der Waals surface area contributed by atoms with E-state index in [0.29, 0.717) is 17.5 Å². The summed E-state index contributed by atoms with van der Waals surface area (Å²) < 4.78 is 5.06. The van der Waals surface area contributed by atoms with Crippen molar-refractivity contribution in [3.8, 4) is 5.75 Å². The maximum absolute atomic E-state index is 11.6. The highest BCUT2D eigenvalue weighted by Crippen LogP contribution is 2.23. The number of nitrogens with zero attached hydrogens (tertiary/aromatic N) is 1. The van der Waals surface area contributed by atoms with E-state index in [1.54, 1.807) is 11.0 Å². The highest BCUT2D eigenvalue weighted by Gasteiger charge is 2.16. The van der Waals surface area contributed by atoms with E-state index in [1.807, 2.05) is 13.8 Å². The molecule has 0 saturated heterocycles. The number of phenols is 1. The summed E-state index contributed by atoms with van der Waals surface area (Å²) >= 11 is 0. The van der Waals surface area contributed by atoms with E-state index in [2.05, 4.69) is 0 Å². The van der Waals surface area contributed by atoms with Gasteiger partial charge in [0.1, 0.15) is 11.3 Å². The maximum atomic E-state index is 11.6. The van der Waals surface area contributed by atoms with E-state index >= 15 is 0 Å². The standard InChI is InChI=1S/C15H17NO5/c1-9(2)16(8-14(18)19)7-10-5-15(20)21-13-6-11(17)3-4-12(10)13/h3-6,9,17H,7-8H2,1-2H3,(H,18,19). The molecule has 6 nitrogen and oxygen atoms in total. The SMILES string of the molecule is CC(C)N(CC(=O)O)Cc1cc(=O)oc2cc(O)ccc12. The lowest BCUT2D eigenvalue weighted by atomic mass is 10.1. The summed E-state index contributed by atoms with van der Waals surface area (Å²) in [4.78, 5) is 24.3. The summed E-state index contributed by atoms with van der Waals surface area (Å²) in [6.07, 6.45) is 0. The molecule has 0 bridgehead atoms. The van der Waals surface area contributed by atoms with Crippen molar-refractivity contribution >= 4 is 16.9 Å². The van der Waals surface area contributed by atoms with Crippen LogP contribution in [0.4, 0.5) is 0 Å². The summed E-state index contributed by atoms with van der Waals surface area (Å²) in [5, 5.41) is 19.1. The van der Waals surface area contributed by atoms with Gasteiger partial charge in [-0.1, -0.05) is 0 Å². The summed E-state index contributed by atoms with van der Waals surface area (Å²) in [7, 11) is 0. The molecule has 2 aromatic rings. The first kappa shape index (κ1) is 15.1. The average molecular weight is 291 g/mol. The number of rotatable bonds is 5. The second kappa shape index (κ2) is 5.97. The van der Waals surface area contributed by atoms with E-state index < -0.39 is 11.6 Å². The molecule has 2 rings (SSSR count). The van der Waals surface area contributed by atoms with Crippen molar-refractivity contribution in [2.75, 3.05) is 6.54 Å². The van der Waals surface area contributed by atoms with Crippen LogP contribution in [0.3, 0.4) is 0 Å². The van der Waals surface area contributed by atoms with Gasteiger partial charge in [0.05, 0.1) is 6.54 Å². The lowest BCUT2D eigenvalue weighted by Gasteiger charge is -2.24. The predicted molar refractivity (Wildman–Crippen MR) is 77.3 cm³/mol. The first-order chi connectivity index (χ1) is 9.86. The van der Waals surface area contributed by atoms with Crippen molar-refractivity contribution in [3.05, 3.63) is 40.2 Å². The second-order valence-corrected chi connectivity index (χ2v) is 5.16. The van der Waals surface area contributed by atoms with Crippen molar-refractivity contribution in [1.29, 1.82) is 0 Å². The van der Waals surface area contributed by atoms with E-state index in [-0.39, 0.29) is 23.9 Å². The number of fused-ring (bicyclic) bond motifs is 1. The molecule has 0 fully saturated rings. The van der Waals surface area contributed by atoms with Gasteiger partial charge in [0.15, 0.2) is 0 Å². The molecule has 2 N–H and O–H groups in total. The van der Waals surface area contributed by atoms with Crippen LogP contribution in [0, 0.1) is 0 Å². The minimum atomic E-state index is -0.923. The second-order valence-electron chi connectivity index (χ2n) is 5.16. The lowest BCUT2D eigenvalue weighted by Crippen LogP contribution is -2.35. The molecule has 0 saturated carbocycles. The van der Waals surface area contributed by atoms with Crippen LogP contribution in [0.1, 0.15) is 19.4 Å². The minimum Gasteiger partial charge on any atom is -0.508 e. The van der Waals surface area contributed by atoms with Crippen LogP contribution < -0.4 is 5.63 Å². The van der Waals surface area contributed by atoms with Gasteiger partial charge >= 0.3 is 11.6 Å². The summed E-state index contributed by atoms with van der Waals surface area (Å²) in [5.74, 6) is -0.914. The van der Waals surface area contributed by atoms with Crippen LogP contribution in [0.2, 0.25) is 0 Å². The van der Waals surface area contributed by atoms with Gasteiger partial charge in [-0.25, -0.2) is 4.79 Å². The fourth-order valence-electron chi connectivity index (χ4n) is 2.16. The number of aliphatic carboxylic acids is 1. The Balaban J connectivity index is 2.45. The topological polar surface area (TPSA) is 91.0 Å². The molecule has 0 aliphatic carbocycles. The van der Waals surface area contributed by atoms with E-state index in [4.69, 9.17) is 9.52 Å². The molecule has 1 aromatic carbocycles. The maximum Gasteiger partial charge on any atom is 0.336 e. The monoisotopic (exact) mass is 291 g/mol. The third-order valence-electron chi connectivity index (χ3n) is 3.26. The van der Waals surface area contributed by atoms with Crippen molar-refractivity contribution in [2.24, 2.45) is 0 Å². The summed E-state index contributed by atoms with van der Waals surface area (Å²) in [6.45, 7) is 3.99. The van der Waals surface area contributed by atoms with Gasteiger partial charge in [-0.15, -0.1) is 0 Å². The Hall–Kier alpha value is -2.34. The van der Waals surface area contributed by atoms with Crippen molar-refractivity contribution < 1.29 is 19.4 Å². The number of phenolic OH excluding ortho intramolecular Hbond substituents is 1. The number of hydrogen-bond donors (Lipinski definition) is 2. The average Bonchev–Trinajstić information content (AvgIpc) is 2.36. The number of carboxylic acids is 1. The molecule has 0 amide bonds. The summed E-state index contributed by atoms with van der Waals surface area (Å²) in [5.41, 5.74) is 0.440. The Morgan fingerprint density at radius 1 is 1.33 bits per heavy atom. The molecule has 112 valence electrons. The molecular weight excluding hydrogens is 274 g/mol. The molecule has 0 aliphatic heterocycles. The third-order valence-corrected chi connectivity index (χ3v) is 3.26. The molecule has 1 aromatic heterocycles. The van der Waals surface area contributed by atoms with Gasteiger partial charge in [-0.2, -0.15) is 0 Å². The number of carboxylic acid groups (broad SMARTS) is 1. The van der Waals surface area contributed by atoms with Crippen molar-refractivity contribution in [3.63, 3.8) is 0 Å². The Morgan fingerprint density at radius 2 is 2.05 bits per heavy atom. The number of hydrogen-bond acceptors (Lipinski definition) is 5. The Labute approximate surface area is 121 Å². The smallest absolute Gasteiger partial charge is 0.336 e. The molecule has 0 unspecified atom stereocenters. The molecule has 1 heterocycles. The first-order valence-electron chi connectivity index (χ1n) is 6.58. The van der Waals surface area contributed by atoms with Crippen molar-refractivity contribution in [2.45, 2.75) is 26.4 Å². The Bertz CT molecular complexity index is 720. The third kappa shape index (κ3) is 3.61. The zero-order valence-electron chi connectivity index (χ0n) is 11.9. The van der Waals surface area contributed by atoms with E-state index in [9.17, 15) is 14.7 Å². The number of benzene rings is 1. The summed E-state index contributed by atoms with van der Waals surface area (Å²) in [6, 6.07) is 5.90. The van der Waals surface area contributed by atoms with Crippen LogP contribution in [0.25, 0.3) is 11.0 Å². The first-order valence-corrected chi connectivity index (χ1v) is 6.58. The van der Waals surface area contributed by atoms with Crippen molar-refractivity contribution in [1.82, 2.24) is 4.90 Å². The minimum absolute atomic E-state index is 0.00838. The molecule has 0 aliphatic rings. The zero-order valence-corrected chi connectivity index (χ0v) is 11.9. The van der Waals surface area contributed by atoms with Gasteiger partial charge in [0, 0.05) is 30.1 Å². The molecule has 21 heavy (non-hydrogen) atoms.